The van der Waals surface area contributed by atoms with Crippen molar-refractivity contribution in [3.63, 3.8) is 0 Å². The van der Waals surface area contributed by atoms with E-state index in [0.29, 0.717) is 25.2 Å². The monoisotopic (exact) mass is 279 g/mol. The van der Waals surface area contributed by atoms with Crippen LogP contribution in [0.2, 0.25) is 0 Å². The molecule has 0 spiro atoms. The standard InChI is InChI=1S/C14H21N3O3/c1-14(2,3)20-13(19)17-8-6-10(9-17)12(18)11-5-7-15-16(11)4/h5,7,10H,6,8-9H2,1-4H3. The van der Waals surface area contributed by atoms with E-state index >= 15 is 0 Å². The average molecular weight is 279 g/mol. The molecule has 1 aliphatic heterocycles. The van der Waals surface area contributed by atoms with Crippen LogP contribution in [0, 0.1) is 5.92 Å². The minimum atomic E-state index is -0.513. The third kappa shape index (κ3) is 3.18. The second-order valence-electron chi connectivity index (χ2n) is 6.12. The summed E-state index contributed by atoms with van der Waals surface area (Å²) in [4.78, 5) is 25.9. The predicted molar refractivity (Wildman–Crippen MR) is 73.5 cm³/mol. The van der Waals surface area contributed by atoms with Gasteiger partial charge < -0.3 is 9.64 Å². The zero-order chi connectivity index (χ0) is 14.9. The lowest BCUT2D eigenvalue weighted by Gasteiger charge is -2.24. The number of ketones is 1. The number of aryl methyl sites for hydroxylation is 1. The quantitative estimate of drug-likeness (QED) is 0.775. The van der Waals surface area contributed by atoms with Crippen molar-refractivity contribution >= 4 is 11.9 Å². The van der Waals surface area contributed by atoms with Gasteiger partial charge in [-0.05, 0) is 33.3 Å². The highest BCUT2D eigenvalue weighted by Gasteiger charge is 2.34. The maximum absolute atomic E-state index is 12.3. The molecule has 1 atom stereocenters. The molecule has 0 aliphatic carbocycles. The molecule has 2 heterocycles. The first-order chi connectivity index (χ1) is 9.28. The molecule has 0 aromatic carbocycles. The van der Waals surface area contributed by atoms with Crippen molar-refractivity contribution in [1.29, 1.82) is 0 Å². The number of amides is 1. The molecule has 1 unspecified atom stereocenters. The summed E-state index contributed by atoms with van der Waals surface area (Å²) in [7, 11) is 1.74. The Balaban J connectivity index is 1.97. The molecule has 6 nitrogen and oxygen atoms in total. The average Bonchev–Trinajstić information content (AvgIpc) is 2.94. The Kier molecular flexibility index (Phi) is 3.83. The van der Waals surface area contributed by atoms with Crippen molar-refractivity contribution < 1.29 is 14.3 Å². The van der Waals surface area contributed by atoms with Crippen molar-refractivity contribution in [2.75, 3.05) is 13.1 Å². The van der Waals surface area contributed by atoms with Crippen LogP contribution in [0.4, 0.5) is 4.79 Å². The Hall–Kier alpha value is -1.85. The van der Waals surface area contributed by atoms with Crippen LogP contribution in [0.25, 0.3) is 0 Å². The summed E-state index contributed by atoms with van der Waals surface area (Å²) in [6.07, 6.45) is 1.93. The SMILES string of the molecule is Cn1nccc1C(=O)C1CCN(C(=O)OC(C)(C)C)C1. The third-order valence-electron chi connectivity index (χ3n) is 3.28. The first-order valence-electron chi connectivity index (χ1n) is 6.78. The fourth-order valence-corrected chi connectivity index (χ4v) is 2.29. The van der Waals surface area contributed by atoms with Gasteiger partial charge in [-0.2, -0.15) is 5.10 Å². The van der Waals surface area contributed by atoms with Crippen molar-refractivity contribution in [2.45, 2.75) is 32.8 Å². The summed E-state index contributed by atoms with van der Waals surface area (Å²) in [6, 6.07) is 1.71. The molecule has 1 amide bonds. The number of rotatable bonds is 2. The van der Waals surface area contributed by atoms with Crippen LogP contribution >= 0.6 is 0 Å². The van der Waals surface area contributed by atoms with Crippen LogP contribution in [0.3, 0.4) is 0 Å². The third-order valence-corrected chi connectivity index (χ3v) is 3.28. The lowest BCUT2D eigenvalue weighted by molar-refractivity contribution is 0.0289. The Morgan fingerprint density at radius 1 is 1.40 bits per heavy atom. The van der Waals surface area contributed by atoms with Gasteiger partial charge in [-0.1, -0.05) is 0 Å². The summed E-state index contributed by atoms with van der Waals surface area (Å²) < 4.78 is 6.89. The molecule has 1 saturated heterocycles. The second-order valence-corrected chi connectivity index (χ2v) is 6.12. The van der Waals surface area contributed by atoms with Crippen LogP contribution in [0.15, 0.2) is 12.3 Å². The topological polar surface area (TPSA) is 64.4 Å². The van der Waals surface area contributed by atoms with Crippen LogP contribution < -0.4 is 0 Å². The van der Waals surface area contributed by atoms with Gasteiger partial charge in [0.2, 0.25) is 0 Å². The molecule has 110 valence electrons. The molecule has 0 saturated carbocycles. The maximum Gasteiger partial charge on any atom is 0.410 e. The van der Waals surface area contributed by atoms with Gasteiger partial charge in [-0.25, -0.2) is 4.79 Å². The molecule has 2 rings (SSSR count). The summed E-state index contributed by atoms with van der Waals surface area (Å²) in [6.45, 7) is 6.47. The van der Waals surface area contributed by atoms with Crippen LogP contribution in [-0.4, -0.2) is 45.2 Å². The molecule has 6 heteroatoms. The highest BCUT2D eigenvalue weighted by Crippen LogP contribution is 2.22. The van der Waals surface area contributed by atoms with E-state index in [-0.39, 0.29) is 17.8 Å². The van der Waals surface area contributed by atoms with Crippen molar-refractivity contribution in [3.05, 3.63) is 18.0 Å². The zero-order valence-corrected chi connectivity index (χ0v) is 12.4. The van der Waals surface area contributed by atoms with Crippen molar-refractivity contribution in [2.24, 2.45) is 13.0 Å². The number of aromatic nitrogens is 2. The number of hydrogen-bond acceptors (Lipinski definition) is 4. The van der Waals surface area contributed by atoms with Gasteiger partial charge in [0.25, 0.3) is 0 Å². The minimum absolute atomic E-state index is 0.0380. The number of Topliss-reactive ketones (excluding diaryl/α,β-unsaturated/α-hetero) is 1. The fraction of sp³-hybridized carbons (Fsp3) is 0.643. The van der Waals surface area contributed by atoms with Crippen LogP contribution in [0.1, 0.15) is 37.7 Å². The number of likely N-dealkylation sites (tertiary alicyclic amines) is 1. The molecule has 0 N–H and O–H groups in total. The maximum atomic E-state index is 12.3. The number of hydrogen-bond donors (Lipinski definition) is 0. The Bertz CT molecular complexity index is 516. The minimum Gasteiger partial charge on any atom is -0.444 e. The van der Waals surface area contributed by atoms with E-state index < -0.39 is 5.60 Å². The predicted octanol–water partition coefficient (Wildman–Crippen LogP) is 1.86. The summed E-state index contributed by atoms with van der Waals surface area (Å²) in [5.74, 6) is -0.131. The molecule has 0 bridgehead atoms. The van der Waals surface area contributed by atoms with Gasteiger partial charge >= 0.3 is 6.09 Å². The Morgan fingerprint density at radius 3 is 2.65 bits per heavy atom. The molecular formula is C14H21N3O3. The first kappa shape index (κ1) is 14.6. The van der Waals surface area contributed by atoms with Gasteiger partial charge in [-0.3, -0.25) is 9.48 Å². The van der Waals surface area contributed by atoms with Crippen LogP contribution in [0.5, 0.6) is 0 Å². The summed E-state index contributed by atoms with van der Waals surface area (Å²) in [5.41, 5.74) is 0.0716. The van der Waals surface area contributed by atoms with E-state index in [9.17, 15) is 9.59 Å². The van der Waals surface area contributed by atoms with Gasteiger partial charge in [-0.15, -0.1) is 0 Å². The Labute approximate surface area is 118 Å². The fourth-order valence-electron chi connectivity index (χ4n) is 2.29. The number of carbonyl (C=O) groups is 2. The number of carbonyl (C=O) groups excluding carboxylic acids is 2. The molecule has 20 heavy (non-hydrogen) atoms. The van der Waals surface area contributed by atoms with Gasteiger partial charge in [0, 0.05) is 32.3 Å². The smallest absolute Gasteiger partial charge is 0.410 e. The van der Waals surface area contributed by atoms with Gasteiger partial charge in [0.1, 0.15) is 11.3 Å². The lowest BCUT2D eigenvalue weighted by atomic mass is 10.0. The molecular weight excluding hydrogens is 258 g/mol. The molecule has 1 aromatic rings. The van der Waals surface area contributed by atoms with E-state index in [4.69, 9.17) is 4.74 Å². The zero-order valence-electron chi connectivity index (χ0n) is 12.4. The van der Waals surface area contributed by atoms with E-state index in [1.807, 2.05) is 20.8 Å². The highest BCUT2D eigenvalue weighted by atomic mass is 16.6. The molecule has 1 aromatic heterocycles. The van der Waals surface area contributed by atoms with Crippen LogP contribution in [-0.2, 0) is 11.8 Å². The number of ether oxygens (including phenoxy) is 1. The van der Waals surface area contributed by atoms with E-state index in [2.05, 4.69) is 5.10 Å². The van der Waals surface area contributed by atoms with E-state index in [0.717, 1.165) is 0 Å². The largest absolute Gasteiger partial charge is 0.444 e. The molecule has 0 radical (unpaired) electrons. The van der Waals surface area contributed by atoms with Crippen molar-refractivity contribution in [1.82, 2.24) is 14.7 Å². The Morgan fingerprint density at radius 2 is 2.10 bits per heavy atom. The van der Waals surface area contributed by atoms with Gasteiger partial charge in [0.05, 0.1) is 0 Å². The first-order valence-corrected chi connectivity index (χ1v) is 6.78. The summed E-state index contributed by atoms with van der Waals surface area (Å²) >= 11 is 0. The highest BCUT2D eigenvalue weighted by molar-refractivity contribution is 5.97. The van der Waals surface area contributed by atoms with Crippen molar-refractivity contribution in [3.8, 4) is 0 Å². The lowest BCUT2D eigenvalue weighted by Crippen LogP contribution is -2.36. The molecule has 1 aliphatic rings. The second kappa shape index (κ2) is 5.26. The normalized spacial score (nSPS) is 19.2. The molecule has 1 fully saturated rings. The number of nitrogens with zero attached hydrogens (tertiary/aromatic N) is 3. The van der Waals surface area contributed by atoms with E-state index in [1.165, 1.54) is 0 Å². The summed E-state index contributed by atoms with van der Waals surface area (Å²) in [5, 5.41) is 4.00. The van der Waals surface area contributed by atoms with E-state index in [1.54, 1.807) is 28.9 Å². The van der Waals surface area contributed by atoms with Gasteiger partial charge in [0.15, 0.2) is 5.78 Å².